The number of fused-ring (bicyclic) bond motifs is 1. The molecular weight excluding hydrogens is 294 g/mol. The topological polar surface area (TPSA) is 76.8 Å². The molecule has 0 amide bonds. The number of hydrogen-bond acceptors (Lipinski definition) is 5. The zero-order chi connectivity index (χ0) is 16.2. The van der Waals surface area contributed by atoms with Crippen LogP contribution in [0.1, 0.15) is 24.0 Å². The van der Waals surface area contributed by atoms with Crippen LogP contribution in [-0.2, 0) is 6.42 Å². The Balaban J connectivity index is 1.80. The molecule has 0 bridgehead atoms. The summed E-state index contributed by atoms with van der Waals surface area (Å²) in [5.41, 5.74) is 7.14. The van der Waals surface area contributed by atoms with Crippen LogP contribution in [0.4, 0.5) is 11.4 Å². The van der Waals surface area contributed by atoms with Crippen molar-refractivity contribution >= 4 is 17.1 Å². The Morgan fingerprint density at radius 3 is 2.65 bits per heavy atom. The van der Waals surface area contributed by atoms with Gasteiger partial charge in [-0.3, -0.25) is 15.5 Å². The van der Waals surface area contributed by atoms with E-state index in [1.165, 1.54) is 17.7 Å². The Kier molecular flexibility index (Phi) is 4.23. The highest BCUT2D eigenvalue weighted by atomic mass is 16.6. The highest BCUT2D eigenvalue weighted by Crippen LogP contribution is 2.26. The minimum absolute atomic E-state index is 0.0679. The van der Waals surface area contributed by atoms with E-state index < -0.39 is 4.92 Å². The van der Waals surface area contributed by atoms with Crippen molar-refractivity contribution in [2.24, 2.45) is 5.10 Å². The largest absolute Gasteiger partial charge is 0.497 e. The first-order chi connectivity index (χ1) is 11.2. The van der Waals surface area contributed by atoms with E-state index in [0.29, 0.717) is 0 Å². The number of non-ortho nitro benzene ring substituents is 1. The lowest BCUT2D eigenvalue weighted by Crippen LogP contribution is -2.13. The van der Waals surface area contributed by atoms with Crippen LogP contribution in [0.25, 0.3) is 0 Å². The number of nitrogens with zero attached hydrogens (tertiary/aromatic N) is 2. The number of hydrazone groups is 1. The van der Waals surface area contributed by atoms with Crippen LogP contribution in [0.3, 0.4) is 0 Å². The SMILES string of the molecule is COc1ccc2c(c1)CCC/C2=N\Nc1ccc([N+](=O)[O-])cc1. The van der Waals surface area contributed by atoms with Crippen LogP contribution < -0.4 is 10.2 Å². The molecule has 118 valence electrons. The number of aryl methyl sites for hydroxylation is 1. The van der Waals surface area contributed by atoms with Gasteiger partial charge in [-0.1, -0.05) is 0 Å². The van der Waals surface area contributed by atoms with Crippen molar-refractivity contribution in [2.75, 3.05) is 12.5 Å². The van der Waals surface area contributed by atoms with E-state index in [1.54, 1.807) is 19.2 Å². The average Bonchev–Trinajstić information content (AvgIpc) is 2.59. The average molecular weight is 311 g/mol. The standard InChI is InChI=1S/C17H17N3O3/c1-23-15-9-10-16-12(11-15)3-2-4-17(16)19-18-13-5-7-14(8-6-13)20(21)22/h5-11,18H,2-4H2,1H3/b19-17+. The summed E-state index contributed by atoms with van der Waals surface area (Å²) in [4.78, 5) is 10.2. The third-order valence-electron chi connectivity index (χ3n) is 3.88. The van der Waals surface area contributed by atoms with Gasteiger partial charge in [-0.25, -0.2) is 0 Å². The minimum Gasteiger partial charge on any atom is -0.497 e. The summed E-state index contributed by atoms with van der Waals surface area (Å²) in [6.07, 6.45) is 2.96. The molecule has 0 saturated carbocycles. The van der Waals surface area contributed by atoms with E-state index in [9.17, 15) is 10.1 Å². The third-order valence-corrected chi connectivity index (χ3v) is 3.88. The predicted octanol–water partition coefficient (Wildman–Crippen LogP) is 3.76. The minimum atomic E-state index is -0.416. The lowest BCUT2D eigenvalue weighted by atomic mass is 9.90. The van der Waals surface area contributed by atoms with Crippen molar-refractivity contribution in [3.05, 3.63) is 63.7 Å². The van der Waals surface area contributed by atoms with Crippen molar-refractivity contribution in [3.8, 4) is 5.75 Å². The van der Waals surface area contributed by atoms with Crippen molar-refractivity contribution < 1.29 is 9.66 Å². The van der Waals surface area contributed by atoms with Gasteiger partial charge < -0.3 is 4.74 Å². The second kappa shape index (κ2) is 6.48. The normalized spacial score (nSPS) is 15.1. The quantitative estimate of drug-likeness (QED) is 0.689. The maximum atomic E-state index is 10.7. The molecule has 6 heteroatoms. The predicted molar refractivity (Wildman–Crippen MR) is 89.2 cm³/mol. The van der Waals surface area contributed by atoms with Crippen molar-refractivity contribution in [1.29, 1.82) is 0 Å². The van der Waals surface area contributed by atoms with Crippen molar-refractivity contribution in [3.63, 3.8) is 0 Å². The molecule has 0 unspecified atom stereocenters. The van der Waals surface area contributed by atoms with Gasteiger partial charge in [0.25, 0.3) is 5.69 Å². The Morgan fingerprint density at radius 2 is 1.96 bits per heavy atom. The third kappa shape index (κ3) is 3.31. The molecule has 0 aromatic heterocycles. The van der Waals surface area contributed by atoms with Gasteiger partial charge in [0, 0.05) is 17.7 Å². The molecule has 2 aromatic carbocycles. The van der Waals surface area contributed by atoms with Gasteiger partial charge in [0.15, 0.2) is 0 Å². The van der Waals surface area contributed by atoms with E-state index in [2.05, 4.69) is 16.6 Å². The van der Waals surface area contributed by atoms with Gasteiger partial charge in [-0.05, 0) is 55.2 Å². The molecule has 1 N–H and O–H groups in total. The van der Waals surface area contributed by atoms with Gasteiger partial charge in [0.2, 0.25) is 0 Å². The second-order valence-corrected chi connectivity index (χ2v) is 5.35. The van der Waals surface area contributed by atoms with Crippen LogP contribution in [0.5, 0.6) is 5.75 Å². The number of nitrogens with one attached hydrogen (secondary N) is 1. The van der Waals surface area contributed by atoms with E-state index >= 15 is 0 Å². The molecule has 23 heavy (non-hydrogen) atoms. The summed E-state index contributed by atoms with van der Waals surface area (Å²) in [6.45, 7) is 0. The number of ether oxygens (including phenoxy) is 1. The lowest BCUT2D eigenvalue weighted by Gasteiger charge is -2.18. The zero-order valence-corrected chi connectivity index (χ0v) is 12.8. The van der Waals surface area contributed by atoms with Crippen molar-refractivity contribution in [1.82, 2.24) is 0 Å². The summed E-state index contributed by atoms with van der Waals surface area (Å²) >= 11 is 0. The lowest BCUT2D eigenvalue weighted by molar-refractivity contribution is -0.384. The van der Waals surface area contributed by atoms with Crippen LogP contribution >= 0.6 is 0 Å². The highest BCUT2D eigenvalue weighted by Gasteiger charge is 2.16. The first kappa shape index (κ1) is 15.0. The Bertz CT molecular complexity index is 754. The Hall–Kier alpha value is -2.89. The van der Waals surface area contributed by atoms with E-state index in [1.807, 2.05) is 12.1 Å². The molecule has 0 aliphatic heterocycles. The number of nitro benzene ring substituents is 1. The number of benzene rings is 2. The Morgan fingerprint density at radius 1 is 1.17 bits per heavy atom. The molecule has 0 radical (unpaired) electrons. The summed E-state index contributed by atoms with van der Waals surface area (Å²) in [6, 6.07) is 12.2. The first-order valence-electron chi connectivity index (χ1n) is 7.41. The second-order valence-electron chi connectivity index (χ2n) is 5.35. The molecule has 2 aromatic rings. The number of nitro groups is 1. The van der Waals surface area contributed by atoms with E-state index in [-0.39, 0.29) is 5.69 Å². The Labute approximate surface area is 133 Å². The monoisotopic (exact) mass is 311 g/mol. The first-order valence-corrected chi connectivity index (χ1v) is 7.41. The fraction of sp³-hybridized carbons (Fsp3) is 0.235. The van der Waals surface area contributed by atoms with Crippen LogP contribution in [0, 0.1) is 10.1 Å². The number of anilines is 1. The van der Waals surface area contributed by atoms with Crippen LogP contribution in [-0.4, -0.2) is 17.7 Å². The van der Waals surface area contributed by atoms with Crippen LogP contribution in [0.15, 0.2) is 47.6 Å². The fourth-order valence-electron chi connectivity index (χ4n) is 2.67. The maximum absolute atomic E-state index is 10.7. The maximum Gasteiger partial charge on any atom is 0.269 e. The van der Waals surface area contributed by atoms with Gasteiger partial charge in [0.05, 0.1) is 23.4 Å². The van der Waals surface area contributed by atoms with E-state index in [0.717, 1.165) is 42.0 Å². The summed E-state index contributed by atoms with van der Waals surface area (Å²) in [7, 11) is 1.66. The van der Waals surface area contributed by atoms with Gasteiger partial charge in [0.1, 0.15) is 5.75 Å². The van der Waals surface area contributed by atoms with Gasteiger partial charge >= 0.3 is 0 Å². The van der Waals surface area contributed by atoms with Gasteiger partial charge in [-0.2, -0.15) is 5.10 Å². The molecule has 3 rings (SSSR count). The summed E-state index contributed by atoms with van der Waals surface area (Å²) < 4.78 is 5.26. The van der Waals surface area contributed by atoms with Crippen LogP contribution in [0.2, 0.25) is 0 Å². The molecule has 0 fully saturated rings. The smallest absolute Gasteiger partial charge is 0.269 e. The number of methoxy groups -OCH3 is 1. The zero-order valence-electron chi connectivity index (χ0n) is 12.8. The fourth-order valence-corrected chi connectivity index (χ4v) is 2.67. The summed E-state index contributed by atoms with van der Waals surface area (Å²) in [5.74, 6) is 0.855. The molecule has 0 saturated heterocycles. The summed E-state index contributed by atoms with van der Waals surface area (Å²) in [5, 5.41) is 15.1. The number of rotatable bonds is 4. The molecule has 1 aliphatic rings. The molecule has 1 aliphatic carbocycles. The molecule has 6 nitrogen and oxygen atoms in total. The van der Waals surface area contributed by atoms with Crippen molar-refractivity contribution in [2.45, 2.75) is 19.3 Å². The molecule has 0 spiro atoms. The highest BCUT2D eigenvalue weighted by molar-refractivity contribution is 6.03. The molecule has 0 heterocycles. The van der Waals surface area contributed by atoms with Gasteiger partial charge in [-0.15, -0.1) is 0 Å². The molecule has 0 atom stereocenters. The molecular formula is C17H17N3O3. The van der Waals surface area contributed by atoms with E-state index in [4.69, 9.17) is 4.74 Å². The number of hydrogen-bond donors (Lipinski definition) is 1.